The summed E-state index contributed by atoms with van der Waals surface area (Å²) in [6, 6.07) is 7.64. The Hall–Kier alpha value is -0.710. The smallest absolute Gasteiger partial charge is 0.326 e. The maximum Gasteiger partial charge on any atom is 0.326 e. The van der Waals surface area contributed by atoms with Crippen LogP contribution in [0.1, 0.15) is 27.2 Å². The molecule has 1 N–H and O–H groups in total. The molecule has 0 aliphatic rings. The lowest BCUT2D eigenvalue weighted by Gasteiger charge is -2.28. The molecule has 0 radical (unpaired) electrons. The van der Waals surface area contributed by atoms with Gasteiger partial charge >= 0.3 is 5.97 Å². The van der Waals surface area contributed by atoms with Crippen LogP contribution in [0.5, 0.6) is 0 Å². The lowest BCUT2D eigenvalue weighted by Crippen LogP contribution is -2.52. The molecule has 20 heavy (non-hydrogen) atoms. The van der Waals surface area contributed by atoms with Gasteiger partial charge in [0.15, 0.2) is 0 Å². The van der Waals surface area contributed by atoms with Gasteiger partial charge in [0.05, 0.1) is 11.6 Å². The summed E-state index contributed by atoms with van der Waals surface area (Å²) in [6.45, 7) is 6.93. The van der Waals surface area contributed by atoms with E-state index in [1.165, 1.54) is 0 Å². The minimum Gasteiger partial charge on any atom is -0.465 e. The van der Waals surface area contributed by atoms with Gasteiger partial charge in [0.1, 0.15) is 5.54 Å². The predicted molar refractivity (Wildman–Crippen MR) is 85.5 cm³/mol. The van der Waals surface area contributed by atoms with Crippen LogP contribution in [-0.2, 0) is 9.53 Å². The van der Waals surface area contributed by atoms with Gasteiger partial charge in [0.2, 0.25) is 0 Å². The Morgan fingerprint density at radius 2 is 2.10 bits per heavy atom. The Bertz CT molecular complexity index is 442. The van der Waals surface area contributed by atoms with Crippen LogP contribution in [-0.4, -0.2) is 30.4 Å². The SMILES string of the molecule is CCCNC(C)(CSc1ccccc1Cl)C(=O)OCC. The van der Waals surface area contributed by atoms with Gasteiger partial charge in [-0.25, -0.2) is 0 Å². The third-order valence-electron chi connectivity index (χ3n) is 2.84. The van der Waals surface area contributed by atoms with E-state index in [1.807, 2.05) is 38.1 Å². The summed E-state index contributed by atoms with van der Waals surface area (Å²) in [6.07, 6.45) is 0.964. The molecule has 0 heterocycles. The largest absolute Gasteiger partial charge is 0.465 e. The summed E-state index contributed by atoms with van der Waals surface area (Å²) < 4.78 is 5.17. The van der Waals surface area contributed by atoms with Gasteiger partial charge in [0.25, 0.3) is 0 Å². The van der Waals surface area contributed by atoms with Crippen molar-refractivity contribution in [3.05, 3.63) is 29.3 Å². The number of hydrogen-bond donors (Lipinski definition) is 1. The minimum absolute atomic E-state index is 0.215. The highest BCUT2D eigenvalue weighted by molar-refractivity contribution is 7.99. The Kier molecular flexibility index (Phi) is 7.41. The van der Waals surface area contributed by atoms with E-state index in [9.17, 15) is 4.79 Å². The van der Waals surface area contributed by atoms with Crippen molar-refractivity contribution in [3.63, 3.8) is 0 Å². The topological polar surface area (TPSA) is 38.3 Å². The maximum absolute atomic E-state index is 12.1. The lowest BCUT2D eigenvalue weighted by molar-refractivity contribution is -0.149. The van der Waals surface area contributed by atoms with Crippen LogP contribution in [0.4, 0.5) is 0 Å². The molecule has 0 saturated carbocycles. The number of nitrogens with one attached hydrogen (secondary N) is 1. The van der Waals surface area contributed by atoms with Crippen LogP contribution in [0.2, 0.25) is 5.02 Å². The molecule has 1 aromatic rings. The predicted octanol–water partition coefficient (Wildman–Crippen LogP) is 3.75. The number of ether oxygens (including phenoxy) is 1. The molecule has 0 aliphatic heterocycles. The van der Waals surface area contributed by atoms with Crippen LogP contribution in [0.15, 0.2) is 29.2 Å². The summed E-state index contributed by atoms with van der Waals surface area (Å²) in [4.78, 5) is 13.1. The maximum atomic E-state index is 12.1. The number of esters is 1. The number of benzene rings is 1. The molecule has 3 nitrogen and oxygen atoms in total. The molecule has 0 amide bonds. The summed E-state index contributed by atoms with van der Waals surface area (Å²) >= 11 is 7.70. The molecular weight excluding hydrogens is 294 g/mol. The molecule has 0 fully saturated rings. The zero-order valence-electron chi connectivity index (χ0n) is 12.2. The Morgan fingerprint density at radius 1 is 1.40 bits per heavy atom. The van der Waals surface area contributed by atoms with Gasteiger partial charge in [0, 0.05) is 10.6 Å². The zero-order valence-corrected chi connectivity index (χ0v) is 13.8. The first-order valence-corrected chi connectivity index (χ1v) is 8.19. The van der Waals surface area contributed by atoms with Crippen molar-refractivity contribution in [3.8, 4) is 0 Å². The molecular formula is C15H22ClNO2S. The summed E-state index contributed by atoms with van der Waals surface area (Å²) in [5, 5.41) is 3.99. The zero-order chi connectivity index (χ0) is 15.0. The first-order chi connectivity index (χ1) is 9.53. The van der Waals surface area contributed by atoms with Gasteiger partial charge in [-0.05, 0) is 38.9 Å². The van der Waals surface area contributed by atoms with Crippen LogP contribution in [0, 0.1) is 0 Å². The van der Waals surface area contributed by atoms with Crippen molar-refractivity contribution in [2.45, 2.75) is 37.6 Å². The van der Waals surface area contributed by atoms with Gasteiger partial charge < -0.3 is 10.1 Å². The monoisotopic (exact) mass is 315 g/mol. The Morgan fingerprint density at radius 3 is 2.70 bits per heavy atom. The summed E-state index contributed by atoms with van der Waals surface area (Å²) in [5.41, 5.74) is -0.699. The number of hydrogen-bond acceptors (Lipinski definition) is 4. The van der Waals surface area contributed by atoms with E-state index in [0.29, 0.717) is 17.4 Å². The molecule has 0 saturated heterocycles. The van der Waals surface area contributed by atoms with Crippen molar-refractivity contribution in [1.82, 2.24) is 5.32 Å². The van der Waals surface area contributed by atoms with Crippen molar-refractivity contribution in [2.75, 3.05) is 18.9 Å². The van der Waals surface area contributed by atoms with Gasteiger partial charge in [-0.1, -0.05) is 30.7 Å². The molecule has 0 bridgehead atoms. The average molecular weight is 316 g/mol. The highest BCUT2D eigenvalue weighted by atomic mass is 35.5. The van der Waals surface area contributed by atoms with E-state index >= 15 is 0 Å². The molecule has 112 valence electrons. The molecule has 5 heteroatoms. The normalized spacial score (nSPS) is 13.8. The first kappa shape index (κ1) is 17.3. The van der Waals surface area contributed by atoms with Crippen LogP contribution in [0.3, 0.4) is 0 Å². The van der Waals surface area contributed by atoms with Crippen LogP contribution in [0.25, 0.3) is 0 Å². The van der Waals surface area contributed by atoms with Crippen molar-refractivity contribution >= 4 is 29.3 Å². The molecule has 1 unspecified atom stereocenters. The highest BCUT2D eigenvalue weighted by Gasteiger charge is 2.34. The number of rotatable bonds is 8. The molecule has 0 aliphatic carbocycles. The number of halogens is 1. The number of carbonyl (C=O) groups is 1. The third-order valence-corrected chi connectivity index (χ3v) is 4.67. The fraction of sp³-hybridized carbons (Fsp3) is 0.533. The second-order valence-electron chi connectivity index (χ2n) is 4.70. The van der Waals surface area contributed by atoms with Crippen LogP contribution < -0.4 is 5.32 Å². The van der Waals surface area contributed by atoms with E-state index in [1.54, 1.807) is 11.8 Å². The van der Waals surface area contributed by atoms with E-state index in [-0.39, 0.29) is 5.97 Å². The average Bonchev–Trinajstić information content (AvgIpc) is 2.44. The summed E-state index contributed by atoms with van der Waals surface area (Å²) in [5.74, 6) is 0.364. The standard InChI is InChI=1S/C15H22ClNO2S/c1-4-10-17-15(3,14(18)19-5-2)11-20-13-9-7-6-8-12(13)16/h6-9,17H,4-5,10-11H2,1-3H3. The first-order valence-electron chi connectivity index (χ1n) is 6.83. The van der Waals surface area contributed by atoms with E-state index in [2.05, 4.69) is 12.2 Å². The third kappa shape index (κ3) is 5.00. The van der Waals surface area contributed by atoms with E-state index < -0.39 is 5.54 Å². The second-order valence-corrected chi connectivity index (χ2v) is 6.12. The summed E-state index contributed by atoms with van der Waals surface area (Å²) in [7, 11) is 0. The molecule has 0 spiro atoms. The van der Waals surface area contributed by atoms with Crippen molar-refractivity contribution < 1.29 is 9.53 Å². The van der Waals surface area contributed by atoms with Crippen LogP contribution >= 0.6 is 23.4 Å². The Labute approximate surface area is 130 Å². The minimum atomic E-state index is -0.699. The van der Waals surface area contributed by atoms with Gasteiger partial charge in [-0.2, -0.15) is 0 Å². The number of carbonyl (C=O) groups excluding carboxylic acids is 1. The highest BCUT2D eigenvalue weighted by Crippen LogP contribution is 2.29. The molecule has 1 atom stereocenters. The quantitative estimate of drug-likeness (QED) is 0.585. The van der Waals surface area contributed by atoms with Gasteiger partial charge in [-0.3, -0.25) is 4.79 Å². The molecule has 1 aromatic carbocycles. The van der Waals surface area contributed by atoms with E-state index in [4.69, 9.17) is 16.3 Å². The second kappa shape index (κ2) is 8.55. The Balaban J connectivity index is 2.74. The van der Waals surface area contributed by atoms with Gasteiger partial charge in [-0.15, -0.1) is 11.8 Å². The van der Waals surface area contributed by atoms with E-state index in [0.717, 1.165) is 17.9 Å². The lowest BCUT2D eigenvalue weighted by atomic mass is 10.1. The van der Waals surface area contributed by atoms with Crippen molar-refractivity contribution in [1.29, 1.82) is 0 Å². The molecule has 1 rings (SSSR count). The fourth-order valence-corrected chi connectivity index (χ4v) is 3.00. The fourth-order valence-electron chi connectivity index (χ4n) is 1.66. The number of thioether (sulfide) groups is 1. The molecule has 0 aromatic heterocycles. The van der Waals surface area contributed by atoms with Crippen molar-refractivity contribution in [2.24, 2.45) is 0 Å².